The highest BCUT2D eigenvalue weighted by molar-refractivity contribution is 7.09. The van der Waals surface area contributed by atoms with E-state index in [2.05, 4.69) is 39.4 Å². The van der Waals surface area contributed by atoms with Crippen molar-refractivity contribution in [3.63, 3.8) is 0 Å². The van der Waals surface area contributed by atoms with Gasteiger partial charge in [0, 0.05) is 17.8 Å². The summed E-state index contributed by atoms with van der Waals surface area (Å²) in [6.07, 6.45) is 2.10. The first-order valence-corrected chi connectivity index (χ1v) is 7.79. The molecule has 0 spiro atoms. The van der Waals surface area contributed by atoms with E-state index >= 15 is 0 Å². The average Bonchev–Trinajstić information content (AvgIpc) is 3.24. The first kappa shape index (κ1) is 12.7. The van der Waals surface area contributed by atoms with E-state index in [1.807, 2.05) is 5.38 Å². The van der Waals surface area contributed by atoms with E-state index in [1.54, 1.807) is 0 Å². The number of rotatable bonds is 3. The Labute approximate surface area is 125 Å². The number of benzene rings is 1. The predicted molar refractivity (Wildman–Crippen MR) is 79.9 cm³/mol. The number of aromatic nitrogens is 3. The molecule has 4 rings (SSSR count). The minimum absolute atomic E-state index is 0.228. The number of nitrogens with two attached hydrogens (primary N) is 1. The maximum atomic E-state index is 5.58. The van der Waals surface area contributed by atoms with E-state index < -0.39 is 0 Å². The number of hydrogen-bond acceptors (Lipinski definition) is 6. The third kappa shape index (κ3) is 2.16. The van der Waals surface area contributed by atoms with E-state index in [0.717, 1.165) is 23.7 Å². The molecule has 0 saturated heterocycles. The molecule has 0 amide bonds. The molecule has 0 fully saturated rings. The topological polar surface area (TPSA) is 77.8 Å². The quantitative estimate of drug-likeness (QED) is 0.804. The molecule has 0 bridgehead atoms. The van der Waals surface area contributed by atoms with Gasteiger partial charge in [-0.25, -0.2) is 4.98 Å². The molecular weight excluding hydrogens is 284 g/mol. The molecule has 3 aromatic rings. The van der Waals surface area contributed by atoms with Gasteiger partial charge in [-0.05, 0) is 24.0 Å². The van der Waals surface area contributed by atoms with E-state index in [1.165, 1.54) is 22.5 Å². The summed E-state index contributed by atoms with van der Waals surface area (Å²) in [5.41, 5.74) is 8.99. The van der Waals surface area contributed by atoms with Crippen LogP contribution in [0.15, 0.2) is 34.2 Å². The number of aryl methyl sites for hydroxylation is 1. The summed E-state index contributed by atoms with van der Waals surface area (Å²) >= 11 is 1.51. The molecule has 2 heterocycles. The molecule has 2 aromatic heterocycles. The van der Waals surface area contributed by atoms with Crippen molar-refractivity contribution in [2.24, 2.45) is 5.73 Å². The van der Waals surface area contributed by atoms with Crippen molar-refractivity contribution in [2.45, 2.75) is 25.3 Å². The van der Waals surface area contributed by atoms with Gasteiger partial charge in [0.2, 0.25) is 0 Å². The van der Waals surface area contributed by atoms with Gasteiger partial charge in [-0.3, -0.25) is 0 Å². The fourth-order valence-electron chi connectivity index (χ4n) is 2.81. The molecule has 1 aliphatic rings. The molecule has 1 unspecified atom stereocenters. The number of thiazole rings is 1. The third-order valence-corrected chi connectivity index (χ3v) is 4.70. The number of hydrogen-bond donors (Lipinski definition) is 1. The van der Waals surface area contributed by atoms with Gasteiger partial charge in [0.05, 0.1) is 0 Å². The Morgan fingerprint density at radius 1 is 1.29 bits per heavy atom. The Bertz CT molecular complexity index is 779. The van der Waals surface area contributed by atoms with Crippen LogP contribution in [0.1, 0.15) is 34.3 Å². The van der Waals surface area contributed by atoms with Gasteiger partial charge in [0.25, 0.3) is 5.89 Å². The highest BCUT2D eigenvalue weighted by atomic mass is 32.1. The monoisotopic (exact) mass is 298 g/mol. The lowest BCUT2D eigenvalue weighted by molar-refractivity contribution is 0.418. The van der Waals surface area contributed by atoms with Crippen LogP contribution in [-0.2, 0) is 13.0 Å². The van der Waals surface area contributed by atoms with Crippen LogP contribution in [0.25, 0.3) is 11.6 Å². The highest BCUT2D eigenvalue weighted by Crippen LogP contribution is 2.37. The third-order valence-electron chi connectivity index (χ3n) is 3.83. The molecule has 1 atom stereocenters. The summed E-state index contributed by atoms with van der Waals surface area (Å²) < 4.78 is 5.38. The predicted octanol–water partition coefficient (Wildman–Crippen LogP) is 2.73. The number of fused-ring (bicyclic) bond motifs is 1. The summed E-state index contributed by atoms with van der Waals surface area (Å²) in [5.74, 6) is 1.45. The fraction of sp³-hybridized carbons (Fsp3) is 0.267. The Morgan fingerprint density at radius 3 is 3.05 bits per heavy atom. The fourth-order valence-corrected chi connectivity index (χ4v) is 3.46. The number of nitrogens with zero attached hydrogens (tertiary/aromatic N) is 3. The summed E-state index contributed by atoms with van der Waals surface area (Å²) in [6.45, 7) is 0.432. The molecular formula is C15H14N4OS. The Balaban J connectivity index is 1.66. The second-order valence-electron chi connectivity index (χ2n) is 5.08. The van der Waals surface area contributed by atoms with Crippen LogP contribution in [-0.4, -0.2) is 15.1 Å². The van der Waals surface area contributed by atoms with Crippen molar-refractivity contribution in [1.82, 2.24) is 15.1 Å². The Kier molecular flexibility index (Phi) is 3.05. The molecule has 0 aliphatic heterocycles. The minimum Gasteiger partial charge on any atom is -0.332 e. The van der Waals surface area contributed by atoms with Gasteiger partial charge >= 0.3 is 0 Å². The molecule has 1 aromatic carbocycles. The average molecular weight is 298 g/mol. The zero-order valence-corrected chi connectivity index (χ0v) is 12.1. The molecule has 0 radical (unpaired) electrons. The summed E-state index contributed by atoms with van der Waals surface area (Å²) in [7, 11) is 0. The lowest BCUT2D eigenvalue weighted by Crippen LogP contribution is -1.98. The first-order chi connectivity index (χ1) is 10.3. The van der Waals surface area contributed by atoms with Crippen LogP contribution in [0.4, 0.5) is 0 Å². The Morgan fingerprint density at radius 2 is 2.19 bits per heavy atom. The van der Waals surface area contributed by atoms with Gasteiger partial charge in [-0.1, -0.05) is 29.4 Å². The smallest absolute Gasteiger partial charge is 0.277 e. The molecule has 6 heteroatoms. The van der Waals surface area contributed by atoms with E-state index in [4.69, 9.17) is 10.3 Å². The minimum atomic E-state index is 0.228. The van der Waals surface area contributed by atoms with Crippen molar-refractivity contribution in [3.05, 3.63) is 51.6 Å². The largest absolute Gasteiger partial charge is 0.332 e. The first-order valence-electron chi connectivity index (χ1n) is 6.91. The summed E-state index contributed by atoms with van der Waals surface area (Å²) in [5, 5.41) is 6.93. The molecule has 1 aliphatic carbocycles. The maximum absolute atomic E-state index is 5.58. The van der Waals surface area contributed by atoms with Crippen LogP contribution >= 0.6 is 11.3 Å². The van der Waals surface area contributed by atoms with Gasteiger partial charge in [-0.15, -0.1) is 11.3 Å². The van der Waals surface area contributed by atoms with Gasteiger partial charge in [-0.2, -0.15) is 4.98 Å². The van der Waals surface area contributed by atoms with Crippen molar-refractivity contribution in [3.8, 4) is 11.6 Å². The van der Waals surface area contributed by atoms with E-state index in [0.29, 0.717) is 18.1 Å². The summed E-state index contributed by atoms with van der Waals surface area (Å²) in [4.78, 5) is 8.92. The molecule has 106 valence electrons. The standard InChI is InChI=1S/C15H14N4OS/c16-7-13-17-12(8-21-13)15-18-14(19-20-15)11-6-5-9-3-1-2-4-10(9)11/h1-4,8,11H,5-7,16H2. The SMILES string of the molecule is NCc1nc(-c2nc(C3CCc4ccccc43)no2)cs1. The lowest BCUT2D eigenvalue weighted by atomic mass is 10.0. The molecule has 0 saturated carbocycles. The maximum Gasteiger partial charge on any atom is 0.277 e. The zero-order chi connectivity index (χ0) is 14.2. The highest BCUT2D eigenvalue weighted by Gasteiger charge is 2.28. The van der Waals surface area contributed by atoms with E-state index in [9.17, 15) is 0 Å². The van der Waals surface area contributed by atoms with Crippen molar-refractivity contribution in [2.75, 3.05) is 0 Å². The van der Waals surface area contributed by atoms with Crippen LogP contribution < -0.4 is 5.73 Å². The lowest BCUT2D eigenvalue weighted by Gasteiger charge is -2.05. The van der Waals surface area contributed by atoms with Crippen molar-refractivity contribution in [1.29, 1.82) is 0 Å². The van der Waals surface area contributed by atoms with Gasteiger partial charge in [0.1, 0.15) is 10.7 Å². The second kappa shape index (κ2) is 5.05. The second-order valence-corrected chi connectivity index (χ2v) is 6.02. The van der Waals surface area contributed by atoms with E-state index in [-0.39, 0.29) is 5.92 Å². The molecule has 5 nitrogen and oxygen atoms in total. The summed E-state index contributed by atoms with van der Waals surface area (Å²) in [6, 6.07) is 8.46. The van der Waals surface area contributed by atoms with Crippen molar-refractivity contribution >= 4 is 11.3 Å². The molecule has 2 N–H and O–H groups in total. The van der Waals surface area contributed by atoms with Gasteiger partial charge in [0.15, 0.2) is 5.82 Å². The van der Waals surface area contributed by atoms with Crippen molar-refractivity contribution < 1.29 is 4.52 Å². The molecule has 21 heavy (non-hydrogen) atoms. The van der Waals surface area contributed by atoms with Crippen LogP contribution in [0.2, 0.25) is 0 Å². The Hall–Kier alpha value is -2.05. The van der Waals surface area contributed by atoms with Crippen LogP contribution in [0.3, 0.4) is 0 Å². The zero-order valence-electron chi connectivity index (χ0n) is 11.3. The van der Waals surface area contributed by atoms with Crippen LogP contribution in [0, 0.1) is 0 Å². The normalized spacial score (nSPS) is 17.1. The van der Waals surface area contributed by atoms with Gasteiger partial charge < -0.3 is 10.3 Å². The van der Waals surface area contributed by atoms with Crippen LogP contribution in [0.5, 0.6) is 0 Å².